The van der Waals surface area contributed by atoms with E-state index in [0.29, 0.717) is 6.04 Å². The number of hydrogen-bond acceptors (Lipinski definition) is 3. The summed E-state index contributed by atoms with van der Waals surface area (Å²) in [5, 5.41) is 22.2. The van der Waals surface area contributed by atoms with Crippen LogP contribution in [0, 0.1) is 5.92 Å². The van der Waals surface area contributed by atoms with Gasteiger partial charge in [0.15, 0.2) is 0 Å². The fourth-order valence-electron chi connectivity index (χ4n) is 2.67. The molecule has 0 bridgehead atoms. The Morgan fingerprint density at radius 1 is 1.19 bits per heavy atom. The lowest BCUT2D eigenvalue weighted by molar-refractivity contribution is 0.0494. The second-order valence-electron chi connectivity index (χ2n) is 5.42. The highest BCUT2D eigenvalue weighted by Gasteiger charge is 2.24. The Hall–Kier alpha value is -0.120. The molecule has 0 aromatic rings. The lowest BCUT2D eigenvalue weighted by atomic mass is 9.83. The van der Waals surface area contributed by atoms with E-state index < -0.39 is 6.10 Å². The van der Waals surface area contributed by atoms with Crippen molar-refractivity contribution >= 4 is 0 Å². The molecule has 96 valence electrons. The van der Waals surface area contributed by atoms with Gasteiger partial charge in [-0.25, -0.2) is 0 Å². The van der Waals surface area contributed by atoms with Gasteiger partial charge < -0.3 is 15.5 Å². The fourth-order valence-corrected chi connectivity index (χ4v) is 2.67. The van der Waals surface area contributed by atoms with Crippen molar-refractivity contribution in [3.63, 3.8) is 0 Å². The number of rotatable bonds is 6. The maximum atomic E-state index is 9.78. The second-order valence-corrected chi connectivity index (χ2v) is 5.42. The van der Waals surface area contributed by atoms with E-state index in [2.05, 4.69) is 19.2 Å². The Bertz CT molecular complexity index is 179. The molecule has 1 saturated carbocycles. The minimum Gasteiger partial charge on any atom is -0.394 e. The van der Waals surface area contributed by atoms with Crippen LogP contribution in [0.4, 0.5) is 0 Å². The van der Waals surface area contributed by atoms with Crippen molar-refractivity contribution in [2.75, 3.05) is 6.61 Å². The van der Waals surface area contributed by atoms with Crippen LogP contribution in [-0.2, 0) is 0 Å². The van der Waals surface area contributed by atoms with Gasteiger partial charge in [0.25, 0.3) is 0 Å². The average Bonchev–Trinajstić information content (AvgIpc) is 2.28. The van der Waals surface area contributed by atoms with Gasteiger partial charge in [-0.05, 0) is 12.3 Å². The largest absolute Gasteiger partial charge is 0.394 e. The molecule has 3 N–H and O–H groups in total. The van der Waals surface area contributed by atoms with Gasteiger partial charge in [-0.3, -0.25) is 0 Å². The van der Waals surface area contributed by atoms with Crippen LogP contribution in [-0.4, -0.2) is 35.0 Å². The van der Waals surface area contributed by atoms with Crippen molar-refractivity contribution in [2.24, 2.45) is 5.92 Å². The molecule has 1 rings (SSSR count). The molecule has 0 amide bonds. The van der Waals surface area contributed by atoms with Crippen LogP contribution in [0.1, 0.15) is 52.4 Å². The maximum absolute atomic E-state index is 9.78. The van der Waals surface area contributed by atoms with Gasteiger partial charge in [-0.2, -0.15) is 0 Å². The topological polar surface area (TPSA) is 52.5 Å². The Labute approximate surface area is 99.3 Å². The Kier molecular flexibility index (Phi) is 6.32. The third-order valence-corrected chi connectivity index (χ3v) is 3.51. The summed E-state index contributed by atoms with van der Waals surface area (Å²) in [4.78, 5) is 0. The zero-order chi connectivity index (χ0) is 12.0. The Balaban J connectivity index is 2.41. The summed E-state index contributed by atoms with van der Waals surface area (Å²) in [6.45, 7) is 4.02. The molecule has 0 saturated heterocycles. The zero-order valence-electron chi connectivity index (χ0n) is 10.7. The highest BCUT2D eigenvalue weighted by molar-refractivity contribution is 4.81. The maximum Gasteiger partial charge on any atom is 0.0923 e. The third kappa shape index (κ3) is 4.81. The van der Waals surface area contributed by atoms with Crippen molar-refractivity contribution in [2.45, 2.75) is 70.6 Å². The van der Waals surface area contributed by atoms with Crippen molar-refractivity contribution in [3.05, 3.63) is 0 Å². The highest BCUT2D eigenvalue weighted by Crippen LogP contribution is 2.28. The summed E-state index contributed by atoms with van der Waals surface area (Å²) < 4.78 is 0. The van der Waals surface area contributed by atoms with E-state index in [1.54, 1.807) is 0 Å². The first-order valence-corrected chi connectivity index (χ1v) is 6.68. The molecule has 0 aromatic heterocycles. The standard InChI is InChI=1S/C13H27NO2/c1-10(2)14-12(13(16)9-15)8-11-6-4-3-5-7-11/h10-16H,3-9H2,1-2H3/t12-,13-/m0/s1. The number of aliphatic hydroxyl groups excluding tert-OH is 2. The monoisotopic (exact) mass is 229 g/mol. The Morgan fingerprint density at radius 3 is 2.31 bits per heavy atom. The van der Waals surface area contributed by atoms with Crippen LogP contribution in [0.15, 0.2) is 0 Å². The van der Waals surface area contributed by atoms with Crippen LogP contribution >= 0.6 is 0 Å². The summed E-state index contributed by atoms with van der Waals surface area (Å²) in [6.07, 6.45) is 6.97. The molecule has 0 spiro atoms. The summed E-state index contributed by atoms with van der Waals surface area (Å²) in [5.74, 6) is 0.728. The summed E-state index contributed by atoms with van der Waals surface area (Å²) in [6, 6.07) is 0.405. The van der Waals surface area contributed by atoms with Crippen molar-refractivity contribution in [3.8, 4) is 0 Å². The van der Waals surface area contributed by atoms with E-state index in [4.69, 9.17) is 5.11 Å². The molecule has 16 heavy (non-hydrogen) atoms. The summed E-state index contributed by atoms with van der Waals surface area (Å²) in [7, 11) is 0. The van der Waals surface area contributed by atoms with Crippen molar-refractivity contribution in [1.29, 1.82) is 0 Å². The van der Waals surface area contributed by atoms with Gasteiger partial charge in [-0.15, -0.1) is 0 Å². The summed E-state index contributed by atoms with van der Waals surface area (Å²) in [5.41, 5.74) is 0. The van der Waals surface area contributed by atoms with Crippen LogP contribution in [0.5, 0.6) is 0 Å². The van der Waals surface area contributed by atoms with Gasteiger partial charge in [-0.1, -0.05) is 46.0 Å². The van der Waals surface area contributed by atoms with E-state index in [1.807, 2.05) is 0 Å². The van der Waals surface area contributed by atoms with Crippen molar-refractivity contribution in [1.82, 2.24) is 5.32 Å². The molecule has 1 fully saturated rings. The van der Waals surface area contributed by atoms with Crippen LogP contribution in [0.25, 0.3) is 0 Å². The first-order chi connectivity index (χ1) is 7.63. The van der Waals surface area contributed by atoms with Gasteiger partial charge in [0.2, 0.25) is 0 Å². The predicted molar refractivity (Wildman–Crippen MR) is 66.3 cm³/mol. The van der Waals surface area contributed by atoms with Crippen LogP contribution < -0.4 is 5.32 Å². The molecule has 0 heterocycles. The van der Waals surface area contributed by atoms with Crippen molar-refractivity contribution < 1.29 is 10.2 Å². The molecule has 3 nitrogen and oxygen atoms in total. The average molecular weight is 229 g/mol. The molecule has 1 aliphatic carbocycles. The van der Waals surface area contributed by atoms with Gasteiger partial charge in [0.1, 0.15) is 0 Å². The van der Waals surface area contributed by atoms with E-state index in [-0.39, 0.29) is 12.6 Å². The molecule has 1 aliphatic rings. The number of nitrogens with one attached hydrogen (secondary N) is 1. The molecule has 0 aliphatic heterocycles. The van der Waals surface area contributed by atoms with Crippen LogP contribution in [0.2, 0.25) is 0 Å². The first-order valence-electron chi connectivity index (χ1n) is 6.68. The SMILES string of the molecule is CC(C)N[C@@H](CC1CCCCC1)[C@@H](O)CO. The minimum atomic E-state index is -0.621. The number of hydrogen-bond donors (Lipinski definition) is 3. The molecule has 0 radical (unpaired) electrons. The first kappa shape index (κ1) is 13.9. The van der Waals surface area contributed by atoms with Gasteiger partial charge >= 0.3 is 0 Å². The highest BCUT2D eigenvalue weighted by atomic mass is 16.3. The molecular formula is C13H27NO2. The quantitative estimate of drug-likeness (QED) is 0.649. The molecule has 0 unspecified atom stereocenters. The normalized spacial score (nSPS) is 22.3. The zero-order valence-corrected chi connectivity index (χ0v) is 10.7. The molecule has 0 aromatic carbocycles. The van der Waals surface area contributed by atoms with Gasteiger partial charge in [0, 0.05) is 12.1 Å². The summed E-state index contributed by atoms with van der Waals surface area (Å²) >= 11 is 0. The van der Waals surface area contributed by atoms with E-state index in [1.165, 1.54) is 32.1 Å². The Morgan fingerprint density at radius 2 is 1.81 bits per heavy atom. The van der Waals surface area contributed by atoms with E-state index in [9.17, 15) is 5.11 Å². The second kappa shape index (κ2) is 7.25. The minimum absolute atomic E-state index is 0.0492. The smallest absolute Gasteiger partial charge is 0.0923 e. The van der Waals surface area contributed by atoms with Crippen LogP contribution in [0.3, 0.4) is 0 Å². The molecular weight excluding hydrogens is 202 g/mol. The predicted octanol–water partition coefficient (Wildman–Crippen LogP) is 1.68. The third-order valence-electron chi connectivity index (χ3n) is 3.51. The van der Waals surface area contributed by atoms with Gasteiger partial charge in [0.05, 0.1) is 12.7 Å². The molecule has 3 heteroatoms. The fraction of sp³-hybridized carbons (Fsp3) is 1.00. The lowest BCUT2D eigenvalue weighted by Crippen LogP contribution is -2.46. The van der Waals surface area contributed by atoms with E-state index in [0.717, 1.165) is 12.3 Å². The number of aliphatic hydroxyl groups is 2. The lowest BCUT2D eigenvalue weighted by Gasteiger charge is -2.30. The molecule has 2 atom stereocenters. The van der Waals surface area contributed by atoms with E-state index >= 15 is 0 Å².